The number of aromatic nitrogens is 2. The summed E-state index contributed by atoms with van der Waals surface area (Å²) in [7, 11) is -3.55. The quantitative estimate of drug-likeness (QED) is 0.274. The van der Waals surface area contributed by atoms with E-state index in [1.54, 1.807) is 37.3 Å². The molecule has 8 nitrogen and oxygen atoms in total. The highest BCUT2D eigenvalue weighted by Crippen LogP contribution is 2.24. The zero-order valence-electron chi connectivity index (χ0n) is 19.4. The van der Waals surface area contributed by atoms with E-state index in [0.29, 0.717) is 11.1 Å². The number of benzene rings is 2. The Bertz CT molecular complexity index is 1630. The molecule has 36 heavy (non-hydrogen) atoms. The van der Waals surface area contributed by atoms with Gasteiger partial charge in [0.2, 0.25) is 0 Å². The molecule has 0 saturated heterocycles. The van der Waals surface area contributed by atoms with Crippen molar-refractivity contribution in [3.63, 3.8) is 0 Å². The summed E-state index contributed by atoms with van der Waals surface area (Å²) in [4.78, 5) is 29.9. The van der Waals surface area contributed by atoms with Gasteiger partial charge < -0.3 is 10.9 Å². The number of nitrogens with zero attached hydrogens (tertiary/aromatic N) is 2. The third kappa shape index (κ3) is 4.99. The fraction of sp³-hybridized carbons (Fsp3) is 0.192. The van der Waals surface area contributed by atoms with Crippen LogP contribution in [0, 0.1) is 12.7 Å². The highest BCUT2D eigenvalue weighted by molar-refractivity contribution is 7.91. The summed E-state index contributed by atoms with van der Waals surface area (Å²) in [6.45, 7) is 1.75. The van der Waals surface area contributed by atoms with Crippen LogP contribution in [-0.4, -0.2) is 34.9 Å². The van der Waals surface area contributed by atoms with Crippen LogP contribution in [0.15, 0.2) is 70.5 Å². The van der Waals surface area contributed by atoms with Gasteiger partial charge in [-0.2, -0.15) is 0 Å². The summed E-state index contributed by atoms with van der Waals surface area (Å²) >= 11 is 0. The summed E-state index contributed by atoms with van der Waals surface area (Å²) in [5, 5.41) is 10.5. The van der Waals surface area contributed by atoms with Crippen molar-refractivity contribution < 1.29 is 22.8 Å². The van der Waals surface area contributed by atoms with Crippen molar-refractivity contribution in [2.45, 2.75) is 31.1 Å². The molecule has 4 rings (SSSR count). The van der Waals surface area contributed by atoms with Crippen LogP contribution < -0.4 is 11.3 Å². The minimum absolute atomic E-state index is 0.0446. The maximum Gasteiger partial charge on any atom is 0.297 e. The Kier molecular flexibility index (Phi) is 6.89. The molecule has 2 heterocycles. The van der Waals surface area contributed by atoms with E-state index >= 15 is 0 Å². The number of carbonyl (C=O) groups is 1. The van der Waals surface area contributed by atoms with Crippen molar-refractivity contribution in [2.75, 3.05) is 11.5 Å². The zero-order chi connectivity index (χ0) is 26.0. The molecular weight excluding hydrogens is 485 g/mol. The Labute approximate surface area is 206 Å². The van der Waals surface area contributed by atoms with Crippen molar-refractivity contribution in [3.05, 3.63) is 99.2 Å². The van der Waals surface area contributed by atoms with Crippen LogP contribution in [-0.2, 0) is 22.7 Å². The van der Waals surface area contributed by atoms with Gasteiger partial charge in [-0.25, -0.2) is 17.8 Å². The number of hydrogen-bond donors (Lipinski definition) is 2. The number of aryl methyl sites for hydroxylation is 3. The number of nitrogen functional groups attached to an aromatic ring is 1. The van der Waals surface area contributed by atoms with Gasteiger partial charge in [0.1, 0.15) is 11.4 Å². The largest absolute Gasteiger partial charge is 0.423 e. The molecule has 0 atom stereocenters. The van der Waals surface area contributed by atoms with E-state index in [9.17, 15) is 27.6 Å². The fourth-order valence-corrected chi connectivity index (χ4v) is 5.26. The number of carbonyl (C=O) groups excluding carboxylic acids is 1. The number of rotatable bonds is 8. The summed E-state index contributed by atoms with van der Waals surface area (Å²) in [5.74, 6) is -1.30. The van der Waals surface area contributed by atoms with Crippen molar-refractivity contribution in [1.29, 1.82) is 0 Å². The van der Waals surface area contributed by atoms with Crippen LogP contribution in [0.3, 0.4) is 0 Å². The molecule has 10 heteroatoms. The number of hydrogen-bond acceptors (Lipinski definition) is 7. The van der Waals surface area contributed by atoms with Crippen LogP contribution in [0.5, 0.6) is 0 Å². The summed E-state index contributed by atoms with van der Waals surface area (Å²) in [5.41, 5.74) is 5.95. The number of nitrogens with two attached hydrogens (primary N) is 1. The van der Waals surface area contributed by atoms with Gasteiger partial charge in [-0.1, -0.05) is 30.3 Å². The monoisotopic (exact) mass is 509 g/mol. The molecular formula is C26H24FN3O5S. The lowest BCUT2D eigenvalue weighted by atomic mass is 10.00. The maximum absolute atomic E-state index is 14.2. The van der Waals surface area contributed by atoms with Crippen molar-refractivity contribution in [1.82, 2.24) is 9.71 Å². The van der Waals surface area contributed by atoms with E-state index in [-0.39, 0.29) is 51.4 Å². The van der Waals surface area contributed by atoms with Crippen LogP contribution in [0.1, 0.15) is 33.5 Å². The average molecular weight is 510 g/mol. The number of sulfone groups is 1. The van der Waals surface area contributed by atoms with Crippen molar-refractivity contribution >= 4 is 32.3 Å². The van der Waals surface area contributed by atoms with E-state index in [0.717, 1.165) is 5.56 Å². The molecule has 3 N–H and O–H groups in total. The van der Waals surface area contributed by atoms with Crippen LogP contribution >= 0.6 is 0 Å². The number of anilines is 1. The summed E-state index contributed by atoms with van der Waals surface area (Å²) in [6, 6.07) is 14.2. The van der Waals surface area contributed by atoms with Gasteiger partial charge in [0.05, 0.1) is 16.3 Å². The second kappa shape index (κ2) is 9.90. The predicted octanol–water partition coefficient (Wildman–Crippen LogP) is 3.50. The Hall–Kier alpha value is -4.05. The summed E-state index contributed by atoms with van der Waals surface area (Å²) < 4.78 is 39.6. The highest BCUT2D eigenvalue weighted by atomic mass is 32.2. The molecule has 0 amide bonds. The first-order chi connectivity index (χ1) is 17.1. The smallest absolute Gasteiger partial charge is 0.297 e. The molecule has 0 aliphatic heterocycles. The number of Topliss-reactive ketones (excluding diaryl/α,β-unsaturated/α-hetero) is 1. The number of halogens is 1. The maximum atomic E-state index is 14.2. The van der Waals surface area contributed by atoms with Gasteiger partial charge in [-0.05, 0) is 60.7 Å². The molecule has 186 valence electrons. The Morgan fingerprint density at radius 2 is 1.83 bits per heavy atom. The molecule has 0 saturated carbocycles. The Morgan fingerprint density at radius 3 is 2.53 bits per heavy atom. The standard InChI is InChI=1S/C26H24FN3O5S/c1-16-7-8-18(21(27)13-16)9-10-22(31)23-24(28)20-14-17(15-29-25(20)30(33)26(23)32)11-12-36(34,35)19-5-3-2-4-6-19/h2-8,13-15,33H,9-12,28H2,1H3. The van der Waals surface area contributed by atoms with Gasteiger partial charge in [0, 0.05) is 18.0 Å². The van der Waals surface area contributed by atoms with Gasteiger partial charge in [0.25, 0.3) is 5.56 Å². The first-order valence-electron chi connectivity index (χ1n) is 11.2. The Morgan fingerprint density at radius 1 is 1.11 bits per heavy atom. The SMILES string of the molecule is Cc1ccc(CCC(=O)c2c(N)c3cc(CCS(=O)(=O)c4ccccc4)cnc3n(O)c2=O)c(F)c1. The lowest BCUT2D eigenvalue weighted by molar-refractivity contribution is 0.0976. The topological polar surface area (TPSA) is 132 Å². The van der Waals surface area contributed by atoms with Crippen LogP contribution in [0.25, 0.3) is 11.0 Å². The minimum Gasteiger partial charge on any atom is -0.423 e. The molecule has 2 aromatic carbocycles. The molecule has 0 aliphatic rings. The normalized spacial score (nSPS) is 11.6. The second-order valence-corrected chi connectivity index (χ2v) is 10.6. The third-order valence-corrected chi connectivity index (χ3v) is 7.69. The molecule has 0 bridgehead atoms. The van der Waals surface area contributed by atoms with Crippen molar-refractivity contribution in [2.24, 2.45) is 0 Å². The van der Waals surface area contributed by atoms with Gasteiger partial charge in [-0.3, -0.25) is 9.59 Å². The molecule has 4 aromatic rings. The minimum atomic E-state index is -3.55. The third-order valence-electron chi connectivity index (χ3n) is 5.96. The molecule has 0 aliphatic carbocycles. The van der Waals surface area contributed by atoms with E-state index in [1.165, 1.54) is 30.5 Å². The molecule has 0 unspecified atom stereocenters. The van der Waals surface area contributed by atoms with Gasteiger partial charge in [0.15, 0.2) is 21.3 Å². The second-order valence-electron chi connectivity index (χ2n) is 8.52. The van der Waals surface area contributed by atoms with Gasteiger partial charge >= 0.3 is 0 Å². The van der Waals surface area contributed by atoms with E-state index in [4.69, 9.17) is 5.73 Å². The average Bonchev–Trinajstić information content (AvgIpc) is 2.86. The lowest BCUT2D eigenvalue weighted by Crippen LogP contribution is -2.28. The van der Waals surface area contributed by atoms with Crippen molar-refractivity contribution in [3.8, 4) is 0 Å². The first kappa shape index (κ1) is 25.1. The predicted molar refractivity (Wildman–Crippen MR) is 134 cm³/mol. The van der Waals surface area contributed by atoms with Crippen LogP contribution in [0.2, 0.25) is 0 Å². The van der Waals surface area contributed by atoms with Gasteiger partial charge in [-0.15, -0.1) is 4.73 Å². The van der Waals surface area contributed by atoms with E-state index in [2.05, 4.69) is 4.98 Å². The molecule has 0 fully saturated rings. The van der Waals surface area contributed by atoms with Crippen LogP contribution in [0.4, 0.5) is 10.1 Å². The molecule has 0 radical (unpaired) electrons. The number of ketones is 1. The zero-order valence-corrected chi connectivity index (χ0v) is 20.3. The molecule has 0 spiro atoms. The Balaban J connectivity index is 1.62. The number of pyridine rings is 2. The van der Waals surface area contributed by atoms with E-state index < -0.39 is 32.6 Å². The highest BCUT2D eigenvalue weighted by Gasteiger charge is 2.22. The first-order valence-corrected chi connectivity index (χ1v) is 12.8. The fourth-order valence-electron chi connectivity index (χ4n) is 3.95. The van der Waals surface area contributed by atoms with E-state index in [1.807, 2.05) is 0 Å². The summed E-state index contributed by atoms with van der Waals surface area (Å²) in [6.07, 6.45) is 1.28. The number of fused-ring (bicyclic) bond motifs is 1. The molecule has 2 aromatic heterocycles. The lowest BCUT2D eigenvalue weighted by Gasteiger charge is -2.12.